The number of hydrogen-bond donors (Lipinski definition) is 0. The minimum Gasteiger partial charge on any atom is -0.0955 e. The molecule has 0 heteroatoms. The van der Waals surface area contributed by atoms with E-state index in [1.165, 1.54) is 27.8 Å². The molecule has 0 spiro atoms. The number of hydrogen-bond acceptors (Lipinski definition) is 0. The zero-order valence-electron chi connectivity index (χ0n) is 11.9. The van der Waals surface area contributed by atoms with E-state index in [4.69, 9.17) is 0 Å². The van der Waals surface area contributed by atoms with E-state index in [1.807, 2.05) is 6.92 Å². The lowest BCUT2D eigenvalue weighted by Gasteiger charge is -2.03. The quantitative estimate of drug-likeness (QED) is 0.628. The highest BCUT2D eigenvalue weighted by Gasteiger charge is 1.96. The van der Waals surface area contributed by atoms with Crippen LogP contribution in [0.5, 0.6) is 0 Å². The lowest BCUT2D eigenvalue weighted by Crippen LogP contribution is -1.82. The van der Waals surface area contributed by atoms with Gasteiger partial charge in [-0.2, -0.15) is 0 Å². The predicted octanol–water partition coefficient (Wildman–Crippen LogP) is 5.51. The summed E-state index contributed by atoms with van der Waals surface area (Å²) in [6.07, 6.45) is 4.33. The topological polar surface area (TPSA) is 0 Å². The number of aryl methyl sites for hydroxylation is 2. The molecule has 0 amide bonds. The summed E-state index contributed by atoms with van der Waals surface area (Å²) < 4.78 is 0. The third-order valence-corrected chi connectivity index (χ3v) is 3.26. The highest BCUT2D eigenvalue weighted by molar-refractivity contribution is 5.73. The monoisotopic (exact) mass is 248 g/mol. The van der Waals surface area contributed by atoms with E-state index >= 15 is 0 Å². The molecule has 0 atom stereocenters. The van der Waals surface area contributed by atoms with Gasteiger partial charge in [-0.1, -0.05) is 66.3 Å². The third kappa shape index (κ3) is 3.45. The van der Waals surface area contributed by atoms with Crippen molar-refractivity contribution in [1.29, 1.82) is 0 Å². The van der Waals surface area contributed by atoms with Crippen LogP contribution in [0.15, 0.2) is 49.0 Å². The zero-order chi connectivity index (χ0) is 13.8. The first kappa shape index (κ1) is 13.4. The molecule has 0 nitrogen and oxygen atoms in total. The first-order valence-electron chi connectivity index (χ1n) is 6.57. The van der Waals surface area contributed by atoms with Gasteiger partial charge in [0.15, 0.2) is 0 Å². The molecule has 2 aromatic rings. The molecule has 2 aromatic carbocycles. The van der Waals surface area contributed by atoms with Crippen LogP contribution in [0, 0.1) is 13.8 Å². The average Bonchev–Trinajstić information content (AvgIpc) is 2.38. The molecule has 0 unspecified atom stereocenters. The van der Waals surface area contributed by atoms with Crippen molar-refractivity contribution >= 4 is 17.7 Å². The van der Waals surface area contributed by atoms with Crippen LogP contribution in [0.25, 0.3) is 17.7 Å². The molecular weight excluding hydrogens is 228 g/mol. The van der Waals surface area contributed by atoms with Gasteiger partial charge >= 0.3 is 0 Å². The van der Waals surface area contributed by atoms with Gasteiger partial charge in [0, 0.05) is 0 Å². The minimum atomic E-state index is 1.10. The SMILES string of the molecule is C=C(C)c1cccc(/C=C/c2ccc(C)cc2C)c1. The van der Waals surface area contributed by atoms with Crippen molar-refractivity contribution in [2.75, 3.05) is 0 Å². The van der Waals surface area contributed by atoms with Crippen molar-refractivity contribution in [2.45, 2.75) is 20.8 Å². The molecule has 96 valence electrons. The number of benzene rings is 2. The van der Waals surface area contributed by atoms with Gasteiger partial charge < -0.3 is 0 Å². The van der Waals surface area contributed by atoms with Crippen molar-refractivity contribution in [3.63, 3.8) is 0 Å². The molecule has 0 bridgehead atoms. The highest BCUT2D eigenvalue weighted by Crippen LogP contribution is 2.17. The van der Waals surface area contributed by atoms with Gasteiger partial charge in [0.25, 0.3) is 0 Å². The van der Waals surface area contributed by atoms with Crippen LogP contribution in [0.2, 0.25) is 0 Å². The van der Waals surface area contributed by atoms with Gasteiger partial charge in [-0.15, -0.1) is 0 Å². The summed E-state index contributed by atoms with van der Waals surface area (Å²) in [4.78, 5) is 0. The average molecular weight is 248 g/mol. The molecule has 2 rings (SSSR count). The number of rotatable bonds is 3. The maximum Gasteiger partial charge on any atom is -0.0227 e. The fraction of sp³-hybridized carbons (Fsp3) is 0.158. The fourth-order valence-corrected chi connectivity index (χ4v) is 2.11. The second-order valence-corrected chi connectivity index (χ2v) is 5.10. The first-order chi connectivity index (χ1) is 9.06. The molecule has 0 fully saturated rings. The van der Waals surface area contributed by atoms with Gasteiger partial charge in [-0.25, -0.2) is 0 Å². The first-order valence-corrected chi connectivity index (χ1v) is 6.57. The van der Waals surface area contributed by atoms with Gasteiger partial charge in [-0.3, -0.25) is 0 Å². The standard InChI is InChI=1S/C19H20/c1-14(2)19-7-5-6-17(13-19)9-11-18-10-8-15(3)12-16(18)4/h5-13H,1H2,2-4H3/b11-9+. The van der Waals surface area contributed by atoms with Crippen molar-refractivity contribution in [3.8, 4) is 0 Å². The van der Waals surface area contributed by atoms with Gasteiger partial charge in [0.1, 0.15) is 0 Å². The van der Waals surface area contributed by atoms with E-state index in [0.717, 1.165) is 5.57 Å². The Hall–Kier alpha value is -2.08. The minimum absolute atomic E-state index is 1.10. The molecule has 0 aliphatic heterocycles. The molecule has 0 saturated heterocycles. The van der Waals surface area contributed by atoms with Gasteiger partial charge in [-0.05, 0) is 49.1 Å². The third-order valence-electron chi connectivity index (χ3n) is 3.26. The Balaban J connectivity index is 2.27. The normalized spacial score (nSPS) is 10.9. The number of allylic oxidation sites excluding steroid dienone is 1. The Bertz CT molecular complexity index is 630. The van der Waals surface area contributed by atoms with Crippen molar-refractivity contribution in [1.82, 2.24) is 0 Å². The molecule has 0 aliphatic carbocycles. The van der Waals surface area contributed by atoms with Crippen LogP contribution in [0.3, 0.4) is 0 Å². The van der Waals surface area contributed by atoms with Crippen LogP contribution in [-0.2, 0) is 0 Å². The fourth-order valence-electron chi connectivity index (χ4n) is 2.11. The van der Waals surface area contributed by atoms with Crippen LogP contribution in [0.1, 0.15) is 34.7 Å². The molecular formula is C19H20. The molecule has 0 saturated carbocycles. The van der Waals surface area contributed by atoms with E-state index < -0.39 is 0 Å². The van der Waals surface area contributed by atoms with E-state index in [-0.39, 0.29) is 0 Å². The van der Waals surface area contributed by atoms with Crippen LogP contribution >= 0.6 is 0 Å². The summed E-state index contributed by atoms with van der Waals surface area (Å²) in [5.74, 6) is 0. The Morgan fingerprint density at radius 2 is 1.79 bits per heavy atom. The Morgan fingerprint density at radius 3 is 2.47 bits per heavy atom. The van der Waals surface area contributed by atoms with Crippen molar-refractivity contribution in [2.24, 2.45) is 0 Å². The summed E-state index contributed by atoms with van der Waals surface area (Å²) >= 11 is 0. The summed E-state index contributed by atoms with van der Waals surface area (Å²) in [7, 11) is 0. The largest absolute Gasteiger partial charge is 0.0955 e. The maximum atomic E-state index is 3.98. The molecule has 0 heterocycles. The summed E-state index contributed by atoms with van der Waals surface area (Å²) in [5, 5.41) is 0. The highest BCUT2D eigenvalue weighted by atomic mass is 14.0. The van der Waals surface area contributed by atoms with E-state index in [1.54, 1.807) is 0 Å². The summed E-state index contributed by atoms with van der Waals surface area (Å²) in [6.45, 7) is 10.3. The van der Waals surface area contributed by atoms with Crippen molar-refractivity contribution < 1.29 is 0 Å². The van der Waals surface area contributed by atoms with Crippen LogP contribution in [-0.4, -0.2) is 0 Å². The Morgan fingerprint density at radius 1 is 1.00 bits per heavy atom. The van der Waals surface area contributed by atoms with Gasteiger partial charge in [0.05, 0.1) is 0 Å². The Kier molecular flexibility index (Phi) is 4.01. The molecule has 0 aliphatic rings. The zero-order valence-corrected chi connectivity index (χ0v) is 11.9. The Labute approximate surface area is 116 Å². The molecule has 0 N–H and O–H groups in total. The van der Waals surface area contributed by atoms with Crippen LogP contribution < -0.4 is 0 Å². The summed E-state index contributed by atoms with van der Waals surface area (Å²) in [6, 6.07) is 15.0. The molecule has 0 aromatic heterocycles. The van der Waals surface area contributed by atoms with Crippen LogP contribution in [0.4, 0.5) is 0 Å². The van der Waals surface area contributed by atoms with E-state index in [0.29, 0.717) is 0 Å². The molecule has 0 radical (unpaired) electrons. The lowest BCUT2D eigenvalue weighted by molar-refractivity contribution is 1.37. The van der Waals surface area contributed by atoms with E-state index in [9.17, 15) is 0 Å². The van der Waals surface area contributed by atoms with Crippen molar-refractivity contribution in [3.05, 3.63) is 76.9 Å². The second kappa shape index (κ2) is 5.71. The maximum absolute atomic E-state index is 3.98. The lowest BCUT2D eigenvalue weighted by atomic mass is 10.0. The van der Waals surface area contributed by atoms with E-state index in [2.05, 4.69) is 75.0 Å². The van der Waals surface area contributed by atoms with Gasteiger partial charge in [0.2, 0.25) is 0 Å². The predicted molar refractivity (Wildman–Crippen MR) is 86.0 cm³/mol. The smallest absolute Gasteiger partial charge is 0.0227 e. The molecule has 19 heavy (non-hydrogen) atoms. The second-order valence-electron chi connectivity index (χ2n) is 5.10. The summed E-state index contributed by atoms with van der Waals surface area (Å²) in [5.41, 5.74) is 7.39.